The number of amides is 2. The molecule has 20 heavy (non-hydrogen) atoms. The van der Waals surface area contributed by atoms with Crippen LogP contribution in [0.25, 0.3) is 0 Å². The third-order valence-corrected chi connectivity index (χ3v) is 4.27. The Hall–Kier alpha value is -1.84. The first-order chi connectivity index (χ1) is 9.72. The molecule has 4 heteroatoms. The van der Waals surface area contributed by atoms with Gasteiger partial charge in [0.25, 0.3) is 0 Å². The molecular weight excluding hydrogens is 252 g/mol. The van der Waals surface area contributed by atoms with Gasteiger partial charge >= 0.3 is 0 Å². The molecule has 1 atom stereocenters. The monoisotopic (exact) mass is 272 g/mol. The van der Waals surface area contributed by atoms with Crippen molar-refractivity contribution in [1.82, 2.24) is 10.2 Å². The number of carbonyl (C=O) groups is 2. The van der Waals surface area contributed by atoms with Crippen LogP contribution < -0.4 is 5.32 Å². The highest BCUT2D eigenvalue weighted by molar-refractivity contribution is 5.95. The Bertz CT molecular complexity index is 496. The van der Waals surface area contributed by atoms with E-state index in [2.05, 4.69) is 5.32 Å². The van der Waals surface area contributed by atoms with Crippen molar-refractivity contribution < 1.29 is 9.59 Å². The van der Waals surface area contributed by atoms with Crippen LogP contribution in [0.15, 0.2) is 30.3 Å². The highest BCUT2D eigenvalue weighted by Gasteiger charge is 2.34. The van der Waals surface area contributed by atoms with Gasteiger partial charge < -0.3 is 10.2 Å². The smallest absolute Gasteiger partial charge is 0.245 e. The van der Waals surface area contributed by atoms with Gasteiger partial charge in [-0.1, -0.05) is 36.8 Å². The fourth-order valence-corrected chi connectivity index (χ4v) is 2.90. The average Bonchev–Trinajstić information content (AvgIpc) is 2.40. The normalized spacial score (nSPS) is 23.4. The lowest BCUT2D eigenvalue weighted by atomic mass is 9.85. The largest absolute Gasteiger partial charge is 0.342 e. The predicted molar refractivity (Wildman–Crippen MR) is 76.0 cm³/mol. The summed E-state index contributed by atoms with van der Waals surface area (Å²) in [5, 5.41) is 2.82. The zero-order valence-electron chi connectivity index (χ0n) is 11.5. The molecule has 1 aromatic carbocycles. The second-order valence-corrected chi connectivity index (χ2v) is 5.83. The van der Waals surface area contributed by atoms with E-state index in [1.54, 1.807) is 4.90 Å². The quantitative estimate of drug-likeness (QED) is 0.899. The van der Waals surface area contributed by atoms with Crippen LogP contribution >= 0.6 is 0 Å². The fourth-order valence-electron chi connectivity index (χ4n) is 2.90. The maximum absolute atomic E-state index is 12.5. The number of nitrogens with one attached hydrogen (secondary N) is 1. The summed E-state index contributed by atoms with van der Waals surface area (Å²) in [6.07, 6.45) is 4.21. The van der Waals surface area contributed by atoms with Crippen molar-refractivity contribution in [2.75, 3.05) is 13.1 Å². The predicted octanol–water partition coefficient (Wildman–Crippen LogP) is 1.36. The molecule has 0 bridgehead atoms. The van der Waals surface area contributed by atoms with Gasteiger partial charge in [-0.15, -0.1) is 0 Å². The van der Waals surface area contributed by atoms with Crippen molar-refractivity contribution in [3.63, 3.8) is 0 Å². The standard InChI is InChI=1S/C16H20N2O2/c19-15-11-18(10-13-7-4-8-13)16(20)14(17-15)9-12-5-2-1-3-6-12/h1-3,5-6,13-14H,4,7-11H2,(H,17,19). The summed E-state index contributed by atoms with van der Waals surface area (Å²) >= 11 is 0. The molecule has 1 aromatic rings. The van der Waals surface area contributed by atoms with E-state index in [4.69, 9.17) is 0 Å². The molecule has 0 spiro atoms. The van der Waals surface area contributed by atoms with Gasteiger partial charge in [0.1, 0.15) is 6.04 Å². The SMILES string of the molecule is O=C1CN(CC2CCC2)C(=O)C(Cc2ccccc2)N1. The molecule has 1 aliphatic carbocycles. The number of benzene rings is 1. The number of hydrogen-bond acceptors (Lipinski definition) is 2. The Morgan fingerprint density at radius 1 is 1.15 bits per heavy atom. The maximum Gasteiger partial charge on any atom is 0.245 e. The molecule has 1 unspecified atom stereocenters. The van der Waals surface area contributed by atoms with Gasteiger partial charge in [0.2, 0.25) is 11.8 Å². The maximum atomic E-state index is 12.5. The molecule has 1 saturated carbocycles. The topological polar surface area (TPSA) is 49.4 Å². The number of hydrogen-bond donors (Lipinski definition) is 1. The Labute approximate surface area is 119 Å². The van der Waals surface area contributed by atoms with E-state index in [1.165, 1.54) is 19.3 Å². The van der Waals surface area contributed by atoms with Crippen LogP contribution in [0.3, 0.4) is 0 Å². The minimum atomic E-state index is -0.404. The van der Waals surface area contributed by atoms with Gasteiger partial charge in [-0.05, 0) is 24.3 Å². The first-order valence-electron chi connectivity index (χ1n) is 7.34. The van der Waals surface area contributed by atoms with Crippen LogP contribution in [0.5, 0.6) is 0 Å². The third kappa shape index (κ3) is 2.84. The van der Waals surface area contributed by atoms with Gasteiger partial charge in [-0.3, -0.25) is 9.59 Å². The lowest BCUT2D eigenvalue weighted by molar-refractivity contribution is -0.145. The molecule has 2 fully saturated rings. The summed E-state index contributed by atoms with van der Waals surface area (Å²) < 4.78 is 0. The molecule has 2 amide bonds. The number of piperazine rings is 1. The summed E-state index contributed by atoms with van der Waals surface area (Å²) in [5.74, 6) is 0.632. The van der Waals surface area contributed by atoms with E-state index in [-0.39, 0.29) is 18.4 Å². The Balaban J connectivity index is 1.66. The van der Waals surface area contributed by atoms with Crippen LogP contribution in [-0.2, 0) is 16.0 Å². The van der Waals surface area contributed by atoms with Crippen molar-refractivity contribution in [2.24, 2.45) is 5.92 Å². The van der Waals surface area contributed by atoms with Crippen LogP contribution in [-0.4, -0.2) is 35.8 Å². The molecule has 2 aliphatic rings. The Morgan fingerprint density at radius 3 is 2.55 bits per heavy atom. The van der Waals surface area contributed by atoms with E-state index >= 15 is 0 Å². The summed E-state index contributed by atoms with van der Waals surface area (Å²) in [6, 6.07) is 9.44. The highest BCUT2D eigenvalue weighted by Crippen LogP contribution is 2.27. The first-order valence-corrected chi connectivity index (χ1v) is 7.34. The third-order valence-electron chi connectivity index (χ3n) is 4.27. The zero-order valence-corrected chi connectivity index (χ0v) is 11.5. The van der Waals surface area contributed by atoms with Crippen LogP contribution in [0.1, 0.15) is 24.8 Å². The molecule has 0 radical (unpaired) electrons. The number of nitrogens with zero attached hydrogens (tertiary/aromatic N) is 1. The second kappa shape index (κ2) is 5.65. The summed E-state index contributed by atoms with van der Waals surface area (Å²) in [7, 11) is 0. The lowest BCUT2D eigenvalue weighted by Gasteiger charge is -2.37. The first kappa shape index (κ1) is 13.2. The van der Waals surface area contributed by atoms with E-state index in [0.717, 1.165) is 12.1 Å². The van der Waals surface area contributed by atoms with Gasteiger partial charge in [0, 0.05) is 13.0 Å². The van der Waals surface area contributed by atoms with Gasteiger partial charge in [0.15, 0.2) is 0 Å². The Kier molecular flexibility index (Phi) is 3.72. The zero-order chi connectivity index (χ0) is 13.9. The molecule has 1 heterocycles. The van der Waals surface area contributed by atoms with Crippen LogP contribution in [0, 0.1) is 5.92 Å². The summed E-state index contributed by atoms with van der Waals surface area (Å²) in [5.41, 5.74) is 1.08. The van der Waals surface area contributed by atoms with Crippen molar-refractivity contribution in [3.05, 3.63) is 35.9 Å². The fraction of sp³-hybridized carbons (Fsp3) is 0.500. The van der Waals surface area contributed by atoms with Crippen LogP contribution in [0.4, 0.5) is 0 Å². The van der Waals surface area contributed by atoms with E-state index < -0.39 is 6.04 Å². The molecule has 1 saturated heterocycles. The second-order valence-electron chi connectivity index (χ2n) is 5.83. The van der Waals surface area contributed by atoms with Gasteiger partial charge in [-0.2, -0.15) is 0 Å². The van der Waals surface area contributed by atoms with E-state index in [0.29, 0.717) is 12.3 Å². The van der Waals surface area contributed by atoms with Gasteiger partial charge in [0.05, 0.1) is 6.54 Å². The molecule has 106 valence electrons. The average molecular weight is 272 g/mol. The number of carbonyl (C=O) groups excluding carboxylic acids is 2. The minimum absolute atomic E-state index is 0.0372. The van der Waals surface area contributed by atoms with E-state index in [9.17, 15) is 9.59 Å². The van der Waals surface area contributed by atoms with Gasteiger partial charge in [-0.25, -0.2) is 0 Å². The molecule has 1 N–H and O–H groups in total. The Morgan fingerprint density at radius 2 is 1.90 bits per heavy atom. The molecule has 0 aromatic heterocycles. The van der Waals surface area contributed by atoms with Crippen molar-refractivity contribution in [3.8, 4) is 0 Å². The molecule has 3 rings (SSSR count). The highest BCUT2D eigenvalue weighted by atomic mass is 16.2. The van der Waals surface area contributed by atoms with Crippen molar-refractivity contribution in [2.45, 2.75) is 31.7 Å². The molecule has 1 aliphatic heterocycles. The van der Waals surface area contributed by atoms with Crippen molar-refractivity contribution in [1.29, 1.82) is 0 Å². The van der Waals surface area contributed by atoms with Crippen molar-refractivity contribution >= 4 is 11.8 Å². The lowest BCUT2D eigenvalue weighted by Crippen LogP contribution is -2.59. The molecular formula is C16H20N2O2. The van der Waals surface area contributed by atoms with E-state index in [1.807, 2.05) is 30.3 Å². The number of rotatable bonds is 4. The molecule has 4 nitrogen and oxygen atoms in total. The summed E-state index contributed by atoms with van der Waals surface area (Å²) in [4.78, 5) is 26.0. The minimum Gasteiger partial charge on any atom is -0.342 e. The summed E-state index contributed by atoms with van der Waals surface area (Å²) in [6.45, 7) is 0.970. The van der Waals surface area contributed by atoms with Crippen LogP contribution in [0.2, 0.25) is 0 Å².